The van der Waals surface area contributed by atoms with Crippen LogP contribution < -0.4 is 0 Å². The van der Waals surface area contributed by atoms with Gasteiger partial charge in [-0.25, -0.2) is 4.79 Å². The first-order chi connectivity index (χ1) is 12.3. The standard InChI is InChI=1S/C21H27NO3/c1-3-5-7-15-20(24-4-2)19-14-10-11-16-22(19)21(23)25-17-18-12-8-6-9-13-18/h5-9,12-15H,3-4,10-11,16-17H2,1-2H3/b7-5+,20-15+. The normalized spacial score (nSPS) is 15.2. The number of ether oxygens (including phenoxy) is 2. The lowest BCUT2D eigenvalue weighted by molar-refractivity contribution is 0.101. The van der Waals surface area contributed by atoms with E-state index in [4.69, 9.17) is 9.47 Å². The van der Waals surface area contributed by atoms with Crippen LogP contribution in [0.3, 0.4) is 0 Å². The first-order valence-corrected chi connectivity index (χ1v) is 8.94. The highest BCUT2D eigenvalue weighted by molar-refractivity contribution is 5.71. The molecule has 0 fully saturated rings. The topological polar surface area (TPSA) is 38.8 Å². The van der Waals surface area contributed by atoms with Crippen LogP contribution in [0.15, 0.2) is 66.1 Å². The predicted molar refractivity (Wildman–Crippen MR) is 99.8 cm³/mol. The molecule has 0 bridgehead atoms. The van der Waals surface area contributed by atoms with Gasteiger partial charge in [-0.2, -0.15) is 0 Å². The van der Waals surface area contributed by atoms with Crippen LogP contribution in [0.5, 0.6) is 0 Å². The van der Waals surface area contributed by atoms with Gasteiger partial charge in [-0.15, -0.1) is 0 Å². The average Bonchev–Trinajstić information content (AvgIpc) is 2.66. The molecule has 1 aromatic rings. The van der Waals surface area contributed by atoms with Gasteiger partial charge in [0.15, 0.2) is 0 Å². The van der Waals surface area contributed by atoms with E-state index in [2.05, 4.69) is 19.1 Å². The second-order valence-corrected chi connectivity index (χ2v) is 5.72. The van der Waals surface area contributed by atoms with Gasteiger partial charge in [-0.1, -0.05) is 55.5 Å². The van der Waals surface area contributed by atoms with E-state index >= 15 is 0 Å². The number of amides is 1. The van der Waals surface area contributed by atoms with Gasteiger partial charge >= 0.3 is 6.09 Å². The molecule has 1 aromatic carbocycles. The van der Waals surface area contributed by atoms with Gasteiger partial charge in [0, 0.05) is 6.54 Å². The summed E-state index contributed by atoms with van der Waals surface area (Å²) in [7, 11) is 0. The molecule has 0 unspecified atom stereocenters. The van der Waals surface area contributed by atoms with E-state index in [1.54, 1.807) is 4.90 Å². The Hall–Kier alpha value is -2.49. The molecule has 0 saturated heterocycles. The zero-order chi connectivity index (χ0) is 17.9. The summed E-state index contributed by atoms with van der Waals surface area (Å²) < 4.78 is 11.3. The number of benzene rings is 1. The van der Waals surface area contributed by atoms with Gasteiger partial charge in [0.25, 0.3) is 0 Å². The van der Waals surface area contributed by atoms with Crippen LogP contribution >= 0.6 is 0 Å². The number of rotatable bonds is 7. The summed E-state index contributed by atoms with van der Waals surface area (Å²) >= 11 is 0. The Bertz CT molecular complexity index is 632. The number of carbonyl (C=O) groups excluding carboxylic acids is 1. The van der Waals surface area contributed by atoms with Crippen LogP contribution in [0, 0.1) is 0 Å². The van der Waals surface area contributed by atoms with Crippen LogP contribution in [0.4, 0.5) is 4.79 Å². The average molecular weight is 341 g/mol. The van der Waals surface area contributed by atoms with E-state index in [-0.39, 0.29) is 12.7 Å². The highest BCUT2D eigenvalue weighted by Crippen LogP contribution is 2.24. The minimum atomic E-state index is -0.333. The molecule has 0 N–H and O–H groups in total. The molecule has 0 aliphatic carbocycles. The molecule has 1 aliphatic rings. The lowest BCUT2D eigenvalue weighted by Gasteiger charge is -2.29. The van der Waals surface area contributed by atoms with Crippen molar-refractivity contribution in [2.75, 3.05) is 13.2 Å². The molecule has 0 radical (unpaired) electrons. The van der Waals surface area contributed by atoms with Crippen LogP contribution in [0.1, 0.15) is 38.7 Å². The molecular formula is C21H27NO3. The molecule has 4 heteroatoms. The third kappa shape index (κ3) is 5.82. The highest BCUT2D eigenvalue weighted by Gasteiger charge is 2.25. The van der Waals surface area contributed by atoms with E-state index in [0.29, 0.717) is 18.9 Å². The molecule has 4 nitrogen and oxygen atoms in total. The Labute approximate surface area is 150 Å². The summed E-state index contributed by atoms with van der Waals surface area (Å²) in [6, 6.07) is 9.71. The van der Waals surface area contributed by atoms with Crippen molar-refractivity contribution in [2.45, 2.75) is 39.7 Å². The van der Waals surface area contributed by atoms with Crippen molar-refractivity contribution >= 4 is 6.09 Å². The second kappa shape index (κ2) is 10.4. The largest absolute Gasteiger partial charge is 0.492 e. The van der Waals surface area contributed by atoms with Crippen LogP contribution in [-0.2, 0) is 16.1 Å². The highest BCUT2D eigenvalue weighted by atomic mass is 16.6. The first kappa shape index (κ1) is 18.8. The number of hydrogen-bond acceptors (Lipinski definition) is 3. The lowest BCUT2D eigenvalue weighted by atomic mass is 10.1. The third-order valence-corrected chi connectivity index (χ3v) is 3.81. The van der Waals surface area contributed by atoms with Crippen LogP contribution in [-0.4, -0.2) is 24.1 Å². The number of nitrogens with zero attached hydrogens (tertiary/aromatic N) is 1. The SMILES string of the molecule is CC/C=C/C=C(/OCC)C1=CCCCN1C(=O)OCc1ccccc1. The zero-order valence-corrected chi connectivity index (χ0v) is 15.1. The van der Waals surface area contributed by atoms with Gasteiger partial charge in [0.2, 0.25) is 0 Å². The molecule has 1 heterocycles. The predicted octanol–water partition coefficient (Wildman–Crippen LogP) is 5.19. The van der Waals surface area contributed by atoms with Crippen molar-refractivity contribution in [1.82, 2.24) is 4.90 Å². The second-order valence-electron chi connectivity index (χ2n) is 5.72. The van der Waals surface area contributed by atoms with Gasteiger partial charge in [0.05, 0.1) is 12.3 Å². The maximum absolute atomic E-state index is 12.6. The molecule has 0 atom stereocenters. The van der Waals surface area contributed by atoms with Crippen molar-refractivity contribution in [1.29, 1.82) is 0 Å². The molecule has 2 rings (SSSR count). The van der Waals surface area contributed by atoms with Crippen LogP contribution in [0.25, 0.3) is 0 Å². The maximum Gasteiger partial charge on any atom is 0.414 e. The number of carbonyl (C=O) groups is 1. The van der Waals surface area contributed by atoms with E-state index in [0.717, 1.165) is 30.5 Å². The van der Waals surface area contributed by atoms with Gasteiger partial charge in [-0.3, -0.25) is 4.90 Å². The molecule has 0 saturated carbocycles. The van der Waals surface area contributed by atoms with E-state index in [1.807, 2.05) is 49.4 Å². The van der Waals surface area contributed by atoms with Crippen molar-refractivity contribution in [3.8, 4) is 0 Å². The van der Waals surface area contributed by atoms with E-state index < -0.39 is 0 Å². The Morgan fingerprint density at radius 1 is 1.20 bits per heavy atom. The number of hydrogen-bond donors (Lipinski definition) is 0. The van der Waals surface area contributed by atoms with Gasteiger partial charge < -0.3 is 9.47 Å². The molecule has 0 aromatic heterocycles. The summed E-state index contributed by atoms with van der Waals surface area (Å²) in [5.74, 6) is 0.712. The monoisotopic (exact) mass is 341 g/mol. The summed E-state index contributed by atoms with van der Waals surface area (Å²) in [6.45, 7) is 5.49. The van der Waals surface area contributed by atoms with Crippen molar-refractivity contribution in [3.63, 3.8) is 0 Å². The van der Waals surface area contributed by atoms with Gasteiger partial charge in [0.1, 0.15) is 12.4 Å². The minimum absolute atomic E-state index is 0.271. The van der Waals surface area contributed by atoms with Crippen molar-refractivity contribution in [2.24, 2.45) is 0 Å². The van der Waals surface area contributed by atoms with E-state index in [9.17, 15) is 4.79 Å². The first-order valence-electron chi connectivity index (χ1n) is 8.94. The van der Waals surface area contributed by atoms with Crippen molar-refractivity contribution in [3.05, 3.63) is 71.7 Å². The lowest BCUT2D eigenvalue weighted by Crippen LogP contribution is -2.35. The summed E-state index contributed by atoms with van der Waals surface area (Å²) in [5, 5.41) is 0. The molecule has 25 heavy (non-hydrogen) atoms. The third-order valence-electron chi connectivity index (χ3n) is 3.81. The zero-order valence-electron chi connectivity index (χ0n) is 15.1. The minimum Gasteiger partial charge on any atom is -0.492 e. The summed E-state index contributed by atoms with van der Waals surface area (Å²) in [5.41, 5.74) is 1.77. The Morgan fingerprint density at radius 3 is 2.72 bits per heavy atom. The summed E-state index contributed by atoms with van der Waals surface area (Å²) in [6.07, 6.45) is 10.5. The Morgan fingerprint density at radius 2 is 2.00 bits per heavy atom. The maximum atomic E-state index is 12.6. The number of allylic oxidation sites excluding steroid dienone is 4. The quantitative estimate of drug-likeness (QED) is 0.506. The molecule has 0 spiro atoms. The fourth-order valence-electron chi connectivity index (χ4n) is 2.59. The molecule has 1 amide bonds. The molecule has 1 aliphatic heterocycles. The molecular weight excluding hydrogens is 314 g/mol. The van der Waals surface area contributed by atoms with Gasteiger partial charge in [-0.05, 0) is 37.8 Å². The summed E-state index contributed by atoms with van der Waals surface area (Å²) in [4.78, 5) is 14.3. The fourth-order valence-corrected chi connectivity index (χ4v) is 2.59. The van der Waals surface area contributed by atoms with E-state index in [1.165, 1.54) is 0 Å². The Balaban J connectivity index is 2.09. The Kier molecular flexibility index (Phi) is 7.83. The molecule has 134 valence electrons. The smallest absolute Gasteiger partial charge is 0.414 e. The fraction of sp³-hybridized carbons (Fsp3) is 0.381. The van der Waals surface area contributed by atoms with Crippen molar-refractivity contribution < 1.29 is 14.3 Å². The van der Waals surface area contributed by atoms with Crippen LogP contribution in [0.2, 0.25) is 0 Å².